The Hall–Kier alpha value is -3.83. The summed E-state index contributed by atoms with van der Waals surface area (Å²) in [6, 6.07) is 31.5. The molecule has 2 unspecified atom stereocenters. The molecule has 0 aromatic heterocycles. The van der Waals surface area contributed by atoms with Gasteiger partial charge in [-0.05, 0) is 65.7 Å². The van der Waals surface area contributed by atoms with Gasteiger partial charge in [0.05, 0.1) is 5.56 Å². The summed E-state index contributed by atoms with van der Waals surface area (Å²) in [5.41, 5.74) is 1.73. The van der Waals surface area contributed by atoms with E-state index in [4.69, 9.17) is 14.2 Å². The Labute approximate surface area is 205 Å². The average Bonchev–Trinajstić information content (AvgIpc) is 2.92. The highest BCUT2D eigenvalue weighted by Crippen LogP contribution is 2.30. The third-order valence-electron chi connectivity index (χ3n) is 6.34. The highest BCUT2D eigenvalue weighted by atomic mass is 16.5. The Balaban J connectivity index is 1.19. The SMILES string of the molecule is O=C(OC1CNCCC1c1ccc(OCCOc2ccccc2)cc1)c1ccc2ccccc2c1. The van der Waals surface area contributed by atoms with Crippen molar-refractivity contribution in [2.24, 2.45) is 0 Å². The zero-order valence-electron chi connectivity index (χ0n) is 19.6. The molecule has 2 atom stereocenters. The van der Waals surface area contributed by atoms with Crippen LogP contribution in [0.1, 0.15) is 28.3 Å². The minimum Gasteiger partial charge on any atom is -0.490 e. The molecule has 0 saturated carbocycles. The fourth-order valence-electron chi connectivity index (χ4n) is 4.50. The van der Waals surface area contributed by atoms with Gasteiger partial charge in [0, 0.05) is 12.5 Å². The molecule has 178 valence electrons. The quantitative estimate of drug-likeness (QED) is 0.270. The van der Waals surface area contributed by atoms with Gasteiger partial charge >= 0.3 is 5.97 Å². The third-order valence-corrected chi connectivity index (χ3v) is 6.34. The molecule has 4 aromatic carbocycles. The molecule has 0 aliphatic carbocycles. The van der Waals surface area contributed by atoms with Crippen molar-refractivity contribution in [2.75, 3.05) is 26.3 Å². The van der Waals surface area contributed by atoms with Crippen LogP contribution in [0.5, 0.6) is 11.5 Å². The fourth-order valence-corrected chi connectivity index (χ4v) is 4.50. The lowest BCUT2D eigenvalue weighted by Gasteiger charge is -2.32. The molecule has 35 heavy (non-hydrogen) atoms. The normalized spacial score (nSPS) is 17.6. The first-order chi connectivity index (χ1) is 17.3. The summed E-state index contributed by atoms with van der Waals surface area (Å²) in [6.45, 7) is 2.48. The van der Waals surface area contributed by atoms with Gasteiger partial charge in [-0.25, -0.2) is 4.79 Å². The van der Waals surface area contributed by atoms with Gasteiger partial charge in [0.25, 0.3) is 0 Å². The molecule has 0 spiro atoms. The van der Waals surface area contributed by atoms with E-state index in [1.165, 1.54) is 0 Å². The van der Waals surface area contributed by atoms with E-state index in [-0.39, 0.29) is 18.0 Å². The molecule has 4 aromatic rings. The van der Waals surface area contributed by atoms with Crippen LogP contribution in [0.4, 0.5) is 0 Å². The highest BCUT2D eigenvalue weighted by molar-refractivity contribution is 5.95. The van der Waals surface area contributed by atoms with Crippen LogP contribution in [0, 0.1) is 0 Å². The number of rotatable bonds is 8. The maximum Gasteiger partial charge on any atom is 0.338 e. The second-order valence-corrected chi connectivity index (χ2v) is 8.68. The van der Waals surface area contributed by atoms with Crippen LogP contribution in [0.25, 0.3) is 10.8 Å². The lowest BCUT2D eigenvalue weighted by molar-refractivity contribution is 0.0182. The first kappa shape index (κ1) is 22.9. The number of ether oxygens (including phenoxy) is 3. The molecule has 5 nitrogen and oxygen atoms in total. The van der Waals surface area contributed by atoms with Crippen molar-refractivity contribution in [3.8, 4) is 11.5 Å². The van der Waals surface area contributed by atoms with E-state index in [0.29, 0.717) is 25.3 Å². The molecule has 5 heteroatoms. The van der Waals surface area contributed by atoms with Crippen molar-refractivity contribution in [1.29, 1.82) is 0 Å². The van der Waals surface area contributed by atoms with Crippen LogP contribution in [-0.4, -0.2) is 38.4 Å². The van der Waals surface area contributed by atoms with Crippen LogP contribution in [0.3, 0.4) is 0 Å². The molecule has 1 N–H and O–H groups in total. The summed E-state index contributed by atoms with van der Waals surface area (Å²) >= 11 is 0. The van der Waals surface area contributed by atoms with Gasteiger partial charge in [-0.2, -0.15) is 0 Å². The lowest BCUT2D eigenvalue weighted by atomic mass is 9.87. The van der Waals surface area contributed by atoms with Crippen molar-refractivity contribution in [2.45, 2.75) is 18.4 Å². The van der Waals surface area contributed by atoms with E-state index in [9.17, 15) is 4.79 Å². The molecule has 1 aliphatic rings. The number of carbonyl (C=O) groups excluding carboxylic acids is 1. The Kier molecular flexibility index (Phi) is 7.25. The molecule has 5 rings (SSSR count). The molecular formula is C30H29NO4. The molecule has 1 fully saturated rings. The minimum atomic E-state index is -0.284. The van der Waals surface area contributed by atoms with E-state index in [1.807, 2.05) is 84.9 Å². The van der Waals surface area contributed by atoms with E-state index >= 15 is 0 Å². The third kappa shape index (κ3) is 5.81. The number of hydrogen-bond acceptors (Lipinski definition) is 5. The smallest absolute Gasteiger partial charge is 0.338 e. The summed E-state index contributed by atoms with van der Waals surface area (Å²) in [5.74, 6) is 1.48. The van der Waals surface area contributed by atoms with E-state index in [1.54, 1.807) is 0 Å². The van der Waals surface area contributed by atoms with Crippen LogP contribution in [-0.2, 0) is 4.74 Å². The largest absolute Gasteiger partial charge is 0.490 e. The summed E-state index contributed by atoms with van der Waals surface area (Å²) < 4.78 is 17.5. The number of nitrogens with one attached hydrogen (secondary N) is 1. The topological polar surface area (TPSA) is 56.8 Å². The van der Waals surface area contributed by atoms with Crippen LogP contribution >= 0.6 is 0 Å². The monoisotopic (exact) mass is 467 g/mol. The fraction of sp³-hybridized carbons (Fsp3) is 0.233. The van der Waals surface area contributed by atoms with Crippen LogP contribution in [0.2, 0.25) is 0 Å². The number of carbonyl (C=O) groups is 1. The summed E-state index contributed by atoms with van der Waals surface area (Å²) in [4.78, 5) is 13.0. The van der Waals surface area contributed by atoms with Gasteiger partial charge in [-0.1, -0.05) is 60.7 Å². The Morgan fingerprint density at radius 3 is 2.23 bits per heavy atom. The maximum absolute atomic E-state index is 13.0. The van der Waals surface area contributed by atoms with Crippen molar-refractivity contribution < 1.29 is 19.0 Å². The standard InChI is InChI=1S/C30H29NO4/c32-30(25-11-10-22-6-4-5-7-24(22)20-25)35-29-21-31-17-16-28(29)23-12-14-27(15-13-23)34-19-18-33-26-8-2-1-3-9-26/h1-15,20,28-29,31H,16-19,21H2. The van der Waals surface area contributed by atoms with Gasteiger partial charge in [0.15, 0.2) is 0 Å². The van der Waals surface area contributed by atoms with Crippen molar-refractivity contribution in [3.63, 3.8) is 0 Å². The minimum absolute atomic E-state index is 0.135. The molecular weight excluding hydrogens is 438 g/mol. The molecule has 0 amide bonds. The molecule has 0 radical (unpaired) electrons. The van der Waals surface area contributed by atoms with Crippen LogP contribution in [0.15, 0.2) is 97.1 Å². The van der Waals surface area contributed by atoms with E-state index in [2.05, 4.69) is 17.4 Å². The Morgan fingerprint density at radius 1 is 0.771 bits per heavy atom. The molecule has 1 saturated heterocycles. The Bertz CT molecular complexity index is 1260. The van der Waals surface area contributed by atoms with E-state index in [0.717, 1.165) is 40.8 Å². The molecule has 0 bridgehead atoms. The van der Waals surface area contributed by atoms with Gasteiger partial charge in [-0.15, -0.1) is 0 Å². The van der Waals surface area contributed by atoms with E-state index < -0.39 is 0 Å². The zero-order chi connectivity index (χ0) is 23.9. The number of benzene rings is 4. The summed E-state index contributed by atoms with van der Waals surface area (Å²) in [7, 11) is 0. The second-order valence-electron chi connectivity index (χ2n) is 8.68. The number of piperidine rings is 1. The maximum atomic E-state index is 13.0. The summed E-state index contributed by atoms with van der Waals surface area (Å²) in [5, 5.41) is 5.50. The van der Waals surface area contributed by atoms with Gasteiger partial charge in [0.1, 0.15) is 30.8 Å². The Morgan fingerprint density at radius 2 is 1.46 bits per heavy atom. The van der Waals surface area contributed by atoms with Gasteiger partial charge < -0.3 is 19.5 Å². The van der Waals surface area contributed by atoms with Crippen molar-refractivity contribution in [3.05, 3.63) is 108 Å². The summed E-state index contributed by atoms with van der Waals surface area (Å²) in [6.07, 6.45) is 0.676. The van der Waals surface area contributed by atoms with Gasteiger partial charge in [0.2, 0.25) is 0 Å². The number of hydrogen-bond donors (Lipinski definition) is 1. The predicted molar refractivity (Wildman–Crippen MR) is 137 cm³/mol. The second kappa shape index (κ2) is 11.1. The van der Waals surface area contributed by atoms with Crippen molar-refractivity contribution in [1.82, 2.24) is 5.32 Å². The lowest BCUT2D eigenvalue weighted by Crippen LogP contribution is -2.42. The average molecular weight is 468 g/mol. The molecule has 1 aliphatic heterocycles. The molecule has 1 heterocycles. The van der Waals surface area contributed by atoms with Crippen molar-refractivity contribution >= 4 is 16.7 Å². The first-order valence-corrected chi connectivity index (χ1v) is 12.1. The number of esters is 1. The highest BCUT2D eigenvalue weighted by Gasteiger charge is 2.30. The van der Waals surface area contributed by atoms with Crippen LogP contribution < -0.4 is 14.8 Å². The first-order valence-electron chi connectivity index (χ1n) is 12.1. The number of fused-ring (bicyclic) bond motifs is 1. The zero-order valence-corrected chi connectivity index (χ0v) is 19.6. The predicted octanol–water partition coefficient (Wildman–Crippen LogP) is 5.60. The van der Waals surface area contributed by atoms with Gasteiger partial charge in [-0.3, -0.25) is 0 Å². The number of para-hydroxylation sites is 1.